The Balaban J connectivity index is 1.71. The van der Waals surface area contributed by atoms with Crippen LogP contribution in [0, 0.1) is 0 Å². The summed E-state index contributed by atoms with van der Waals surface area (Å²) in [5.74, 6) is 1.62. The predicted octanol–water partition coefficient (Wildman–Crippen LogP) is 5.89. The molecule has 0 spiro atoms. The first kappa shape index (κ1) is 23.4. The lowest BCUT2D eigenvalue weighted by Crippen LogP contribution is -2.14. The van der Waals surface area contributed by atoms with Crippen molar-refractivity contribution in [3.8, 4) is 5.75 Å². The zero-order valence-corrected chi connectivity index (χ0v) is 19.8. The molecule has 1 heterocycles. The minimum absolute atomic E-state index is 0.143. The highest BCUT2D eigenvalue weighted by molar-refractivity contribution is 6.12. The number of benzene rings is 3. The first-order chi connectivity index (χ1) is 16.8. The zero-order chi connectivity index (χ0) is 23.6. The molecule has 0 bridgehead atoms. The van der Waals surface area contributed by atoms with Crippen molar-refractivity contribution in [1.29, 1.82) is 0 Å². The van der Waals surface area contributed by atoms with Gasteiger partial charge in [-0.3, -0.25) is 4.99 Å². The lowest BCUT2D eigenvalue weighted by molar-refractivity contribution is 0.414. The molecule has 3 aromatic carbocycles. The van der Waals surface area contributed by atoms with E-state index in [2.05, 4.69) is 46.7 Å². The summed E-state index contributed by atoms with van der Waals surface area (Å²) in [6, 6.07) is 28.5. The monoisotopic (exact) mass is 453 g/mol. The number of tetrazole rings is 1. The second-order valence-electron chi connectivity index (χ2n) is 8.26. The van der Waals surface area contributed by atoms with E-state index in [0.717, 1.165) is 59.7 Å². The molecule has 1 aromatic heterocycles. The molecule has 0 amide bonds. The van der Waals surface area contributed by atoms with Crippen LogP contribution < -0.4 is 4.74 Å². The molecule has 0 saturated heterocycles. The fourth-order valence-electron chi connectivity index (χ4n) is 3.97. The number of hydrogen-bond acceptors (Lipinski definition) is 5. The fraction of sp³-hybridized carbons (Fsp3) is 0.286. The van der Waals surface area contributed by atoms with Gasteiger partial charge in [-0.1, -0.05) is 99.0 Å². The minimum atomic E-state index is -0.143. The number of aromatic nitrogens is 4. The van der Waals surface area contributed by atoms with Crippen molar-refractivity contribution in [3.63, 3.8) is 0 Å². The Morgan fingerprint density at radius 2 is 1.53 bits per heavy atom. The maximum Gasteiger partial charge on any atom is 0.176 e. The normalized spacial score (nSPS) is 11.7. The molecule has 0 N–H and O–H groups in total. The second-order valence-corrected chi connectivity index (χ2v) is 8.26. The summed E-state index contributed by atoms with van der Waals surface area (Å²) in [7, 11) is 1.67. The summed E-state index contributed by atoms with van der Waals surface area (Å²) in [4.78, 5) is 5.29. The maximum absolute atomic E-state index is 5.29. The van der Waals surface area contributed by atoms with Crippen LogP contribution in [0.2, 0.25) is 0 Å². The number of rotatable bonds is 11. The average Bonchev–Trinajstić information content (AvgIpc) is 3.35. The van der Waals surface area contributed by atoms with Crippen LogP contribution in [0.1, 0.15) is 61.2 Å². The van der Waals surface area contributed by atoms with Gasteiger partial charge in [0.2, 0.25) is 0 Å². The lowest BCUT2D eigenvalue weighted by atomic mass is 10.0. The number of hydrogen-bond donors (Lipinski definition) is 0. The number of unbranched alkanes of at least 4 members (excludes halogenated alkanes) is 2. The Morgan fingerprint density at radius 3 is 2.12 bits per heavy atom. The minimum Gasteiger partial charge on any atom is -0.497 e. The molecule has 4 aromatic rings. The van der Waals surface area contributed by atoms with E-state index in [-0.39, 0.29) is 6.04 Å². The molecule has 34 heavy (non-hydrogen) atoms. The van der Waals surface area contributed by atoms with Crippen LogP contribution in [-0.4, -0.2) is 33.0 Å². The van der Waals surface area contributed by atoms with E-state index in [4.69, 9.17) is 9.73 Å². The molecule has 6 nitrogen and oxygen atoms in total. The molecule has 0 fully saturated rings. The molecule has 4 rings (SSSR count). The molecule has 0 aliphatic rings. The number of nitrogens with zero attached hydrogens (tertiary/aromatic N) is 5. The van der Waals surface area contributed by atoms with Gasteiger partial charge in [0, 0.05) is 11.1 Å². The topological polar surface area (TPSA) is 65.2 Å². The molecular formula is C28H31N5O. The lowest BCUT2D eigenvalue weighted by Gasteiger charge is -2.16. The van der Waals surface area contributed by atoms with E-state index >= 15 is 0 Å². The van der Waals surface area contributed by atoms with Gasteiger partial charge < -0.3 is 4.74 Å². The van der Waals surface area contributed by atoms with Crippen molar-refractivity contribution in [3.05, 3.63) is 107 Å². The summed E-state index contributed by atoms with van der Waals surface area (Å²) >= 11 is 0. The number of aliphatic imine (C=N–C) groups is 1. The first-order valence-electron chi connectivity index (χ1n) is 11.9. The van der Waals surface area contributed by atoms with Gasteiger partial charge in [0.05, 0.1) is 19.4 Å². The van der Waals surface area contributed by atoms with Gasteiger partial charge in [-0.05, 0) is 34.5 Å². The van der Waals surface area contributed by atoms with E-state index in [9.17, 15) is 0 Å². The van der Waals surface area contributed by atoms with Crippen LogP contribution in [0.4, 0.5) is 0 Å². The second kappa shape index (κ2) is 11.9. The van der Waals surface area contributed by atoms with E-state index in [1.807, 2.05) is 65.3 Å². The summed E-state index contributed by atoms with van der Waals surface area (Å²) in [5, 5.41) is 12.8. The van der Waals surface area contributed by atoms with Crippen LogP contribution in [0.25, 0.3) is 0 Å². The molecule has 6 heteroatoms. The number of ether oxygens (including phenoxy) is 1. The molecule has 1 atom stereocenters. The van der Waals surface area contributed by atoms with Gasteiger partial charge in [-0.2, -0.15) is 0 Å². The Kier molecular flexibility index (Phi) is 8.17. The molecular weight excluding hydrogens is 422 g/mol. The van der Waals surface area contributed by atoms with Gasteiger partial charge >= 0.3 is 0 Å². The van der Waals surface area contributed by atoms with Crippen molar-refractivity contribution in [1.82, 2.24) is 20.2 Å². The van der Waals surface area contributed by atoms with Crippen LogP contribution >= 0.6 is 0 Å². The summed E-state index contributed by atoms with van der Waals surface area (Å²) in [5.41, 5.74) is 4.24. The maximum atomic E-state index is 5.29. The van der Waals surface area contributed by atoms with E-state index < -0.39 is 0 Å². The summed E-state index contributed by atoms with van der Waals surface area (Å²) < 4.78 is 7.15. The Bertz CT molecular complexity index is 1130. The Morgan fingerprint density at radius 1 is 0.882 bits per heavy atom. The molecule has 0 radical (unpaired) electrons. The highest BCUT2D eigenvalue weighted by Crippen LogP contribution is 2.26. The average molecular weight is 454 g/mol. The first-order valence-corrected chi connectivity index (χ1v) is 11.9. The van der Waals surface area contributed by atoms with Gasteiger partial charge in [0.1, 0.15) is 11.8 Å². The quantitative estimate of drug-likeness (QED) is 0.210. The van der Waals surface area contributed by atoms with Gasteiger partial charge in [0.15, 0.2) is 5.82 Å². The van der Waals surface area contributed by atoms with Crippen molar-refractivity contribution in [2.24, 2.45) is 4.99 Å². The largest absolute Gasteiger partial charge is 0.497 e. The van der Waals surface area contributed by atoms with Gasteiger partial charge in [-0.15, -0.1) is 5.10 Å². The molecule has 0 aliphatic carbocycles. The highest BCUT2D eigenvalue weighted by Gasteiger charge is 2.20. The Hall–Kier alpha value is -3.80. The van der Waals surface area contributed by atoms with Crippen molar-refractivity contribution in [2.45, 2.75) is 45.2 Å². The highest BCUT2D eigenvalue weighted by atomic mass is 16.5. The van der Waals surface area contributed by atoms with E-state index in [1.165, 1.54) is 0 Å². The summed E-state index contributed by atoms with van der Waals surface area (Å²) in [6.45, 7) is 2.80. The SMILES string of the molecule is CCCCCC(N=C(c1ccccc1)c1ccccc1)c1nnnn1Cc1ccc(OC)cc1. The smallest absolute Gasteiger partial charge is 0.176 e. The van der Waals surface area contributed by atoms with Crippen molar-refractivity contribution < 1.29 is 4.74 Å². The predicted molar refractivity (Wildman–Crippen MR) is 135 cm³/mol. The number of methoxy groups -OCH3 is 1. The third-order valence-corrected chi connectivity index (χ3v) is 5.81. The van der Waals surface area contributed by atoms with Crippen molar-refractivity contribution in [2.75, 3.05) is 7.11 Å². The van der Waals surface area contributed by atoms with E-state index in [1.54, 1.807) is 7.11 Å². The van der Waals surface area contributed by atoms with Gasteiger partial charge in [-0.25, -0.2) is 4.68 Å². The third kappa shape index (κ3) is 5.95. The van der Waals surface area contributed by atoms with E-state index in [0.29, 0.717) is 6.54 Å². The fourth-order valence-corrected chi connectivity index (χ4v) is 3.97. The Labute approximate surface area is 201 Å². The van der Waals surface area contributed by atoms with Crippen molar-refractivity contribution >= 4 is 5.71 Å². The van der Waals surface area contributed by atoms with Crippen LogP contribution in [0.5, 0.6) is 5.75 Å². The molecule has 1 unspecified atom stereocenters. The van der Waals surface area contributed by atoms with Crippen LogP contribution in [0.15, 0.2) is 89.9 Å². The van der Waals surface area contributed by atoms with Gasteiger partial charge in [0.25, 0.3) is 0 Å². The standard InChI is InChI=1S/C28H31N5O/c1-3-4-7-16-26(28-30-31-32-33(28)21-22-17-19-25(34-2)20-18-22)29-27(23-12-8-5-9-13-23)24-14-10-6-11-15-24/h5-6,8-15,17-20,26H,3-4,7,16,21H2,1-2H3. The van der Waals surface area contributed by atoms with Crippen LogP contribution in [-0.2, 0) is 6.54 Å². The van der Waals surface area contributed by atoms with Crippen LogP contribution in [0.3, 0.4) is 0 Å². The third-order valence-electron chi connectivity index (χ3n) is 5.81. The molecule has 174 valence electrons. The summed E-state index contributed by atoms with van der Waals surface area (Å²) in [6.07, 6.45) is 4.26. The molecule has 0 saturated carbocycles. The molecule has 0 aliphatic heterocycles. The zero-order valence-electron chi connectivity index (χ0n) is 19.8.